The second-order valence-corrected chi connectivity index (χ2v) is 5.46. The first-order chi connectivity index (χ1) is 11.0. The van der Waals surface area contributed by atoms with Crippen molar-refractivity contribution in [2.75, 3.05) is 5.32 Å². The Hall–Kier alpha value is -2.54. The highest BCUT2D eigenvalue weighted by molar-refractivity contribution is 7.14. The summed E-state index contributed by atoms with van der Waals surface area (Å²) in [4.78, 5) is 4.45. The molecule has 3 nitrogen and oxygen atoms in total. The molecule has 0 aliphatic rings. The molecule has 0 spiro atoms. The monoisotopic (exact) mass is 336 g/mol. The number of hydrogen-bond donors (Lipinski definition) is 1. The van der Waals surface area contributed by atoms with Gasteiger partial charge < -0.3 is 10.1 Å². The smallest absolute Gasteiger partial charge is 0.406 e. The SMILES string of the molecule is FC(F)(F)Oc1ccc(Nc2nc(-c3ccccc3)cs2)cc1. The zero-order valence-corrected chi connectivity index (χ0v) is 12.5. The van der Waals surface area contributed by atoms with E-state index in [1.54, 1.807) is 0 Å². The van der Waals surface area contributed by atoms with E-state index in [-0.39, 0.29) is 5.75 Å². The summed E-state index contributed by atoms with van der Waals surface area (Å²) in [5, 5.41) is 5.63. The van der Waals surface area contributed by atoms with Crippen LogP contribution in [0.15, 0.2) is 60.0 Å². The molecule has 0 unspecified atom stereocenters. The van der Waals surface area contributed by atoms with Crippen molar-refractivity contribution in [3.8, 4) is 17.0 Å². The average Bonchev–Trinajstić information content (AvgIpc) is 2.97. The highest BCUT2D eigenvalue weighted by Crippen LogP contribution is 2.28. The first-order valence-corrected chi connectivity index (χ1v) is 7.51. The molecular weight excluding hydrogens is 325 g/mol. The van der Waals surface area contributed by atoms with Gasteiger partial charge in [0.1, 0.15) is 5.75 Å². The molecule has 0 aliphatic heterocycles. The Bertz CT molecular complexity index is 770. The summed E-state index contributed by atoms with van der Waals surface area (Å²) >= 11 is 1.42. The standard InChI is InChI=1S/C16H11F3N2OS/c17-16(18,19)22-13-8-6-12(7-9-13)20-15-21-14(10-23-15)11-4-2-1-3-5-11/h1-10H,(H,20,21). The van der Waals surface area contributed by atoms with Crippen LogP contribution >= 0.6 is 11.3 Å². The summed E-state index contributed by atoms with van der Waals surface area (Å²) in [6.45, 7) is 0. The van der Waals surface area contributed by atoms with Crippen molar-refractivity contribution < 1.29 is 17.9 Å². The van der Waals surface area contributed by atoms with Gasteiger partial charge >= 0.3 is 6.36 Å². The Kier molecular flexibility index (Phi) is 4.20. The molecule has 0 amide bonds. The van der Waals surface area contributed by atoms with Crippen LogP contribution in [0.4, 0.5) is 24.0 Å². The van der Waals surface area contributed by atoms with Crippen LogP contribution in [0.3, 0.4) is 0 Å². The van der Waals surface area contributed by atoms with Crippen molar-refractivity contribution in [3.05, 3.63) is 60.0 Å². The predicted molar refractivity (Wildman–Crippen MR) is 84.0 cm³/mol. The van der Waals surface area contributed by atoms with Gasteiger partial charge in [-0.05, 0) is 24.3 Å². The molecular formula is C16H11F3N2OS. The topological polar surface area (TPSA) is 34.1 Å². The Morgan fingerprint density at radius 2 is 1.65 bits per heavy atom. The lowest BCUT2D eigenvalue weighted by Gasteiger charge is -2.09. The van der Waals surface area contributed by atoms with Crippen LogP contribution in [-0.4, -0.2) is 11.3 Å². The molecule has 1 aromatic heterocycles. The lowest BCUT2D eigenvalue weighted by molar-refractivity contribution is -0.274. The number of nitrogens with one attached hydrogen (secondary N) is 1. The minimum absolute atomic E-state index is 0.257. The molecule has 0 fully saturated rings. The average molecular weight is 336 g/mol. The third kappa shape index (κ3) is 4.23. The number of rotatable bonds is 4. The van der Waals surface area contributed by atoms with E-state index in [4.69, 9.17) is 0 Å². The molecule has 0 radical (unpaired) electrons. The van der Waals surface area contributed by atoms with E-state index in [0.29, 0.717) is 10.8 Å². The number of nitrogens with zero attached hydrogens (tertiary/aromatic N) is 1. The second kappa shape index (κ2) is 6.29. The van der Waals surface area contributed by atoms with E-state index in [1.807, 2.05) is 35.7 Å². The molecule has 118 valence electrons. The second-order valence-electron chi connectivity index (χ2n) is 4.60. The van der Waals surface area contributed by atoms with Crippen molar-refractivity contribution in [2.24, 2.45) is 0 Å². The maximum absolute atomic E-state index is 12.1. The van der Waals surface area contributed by atoms with Crippen LogP contribution in [0.5, 0.6) is 5.75 Å². The molecule has 1 N–H and O–H groups in total. The zero-order chi connectivity index (χ0) is 16.3. The van der Waals surface area contributed by atoms with E-state index in [1.165, 1.54) is 35.6 Å². The highest BCUT2D eigenvalue weighted by atomic mass is 32.1. The molecule has 3 rings (SSSR count). The molecule has 2 aromatic carbocycles. The Morgan fingerprint density at radius 1 is 0.957 bits per heavy atom. The summed E-state index contributed by atoms with van der Waals surface area (Å²) in [6, 6.07) is 15.2. The van der Waals surface area contributed by atoms with Gasteiger partial charge in [-0.2, -0.15) is 0 Å². The number of alkyl halides is 3. The maximum Gasteiger partial charge on any atom is 0.573 e. The summed E-state index contributed by atoms with van der Waals surface area (Å²) in [6.07, 6.45) is -4.69. The number of benzene rings is 2. The third-order valence-corrected chi connectivity index (χ3v) is 3.67. The van der Waals surface area contributed by atoms with Gasteiger partial charge in [0.05, 0.1) is 5.69 Å². The van der Waals surface area contributed by atoms with Gasteiger partial charge in [0.15, 0.2) is 5.13 Å². The highest BCUT2D eigenvalue weighted by Gasteiger charge is 2.30. The van der Waals surface area contributed by atoms with Crippen molar-refractivity contribution in [2.45, 2.75) is 6.36 Å². The van der Waals surface area contributed by atoms with Gasteiger partial charge in [-0.15, -0.1) is 24.5 Å². The summed E-state index contributed by atoms with van der Waals surface area (Å²) in [5.74, 6) is -0.257. The molecule has 0 bridgehead atoms. The Labute approximate surface area is 134 Å². The van der Waals surface area contributed by atoms with Crippen molar-refractivity contribution in [1.29, 1.82) is 0 Å². The van der Waals surface area contributed by atoms with Gasteiger partial charge in [-0.1, -0.05) is 30.3 Å². The first-order valence-electron chi connectivity index (χ1n) is 6.63. The molecule has 0 aliphatic carbocycles. The molecule has 0 atom stereocenters. The van der Waals surface area contributed by atoms with Crippen molar-refractivity contribution >= 4 is 22.2 Å². The van der Waals surface area contributed by atoms with E-state index in [0.717, 1.165) is 11.3 Å². The van der Waals surface area contributed by atoms with Gasteiger partial charge in [0.25, 0.3) is 0 Å². The van der Waals surface area contributed by atoms with Gasteiger partial charge in [-0.3, -0.25) is 0 Å². The van der Waals surface area contributed by atoms with Crippen LogP contribution in [-0.2, 0) is 0 Å². The number of aromatic nitrogens is 1. The number of halogens is 3. The number of hydrogen-bond acceptors (Lipinski definition) is 4. The fourth-order valence-electron chi connectivity index (χ4n) is 1.94. The largest absolute Gasteiger partial charge is 0.573 e. The minimum atomic E-state index is -4.69. The number of anilines is 2. The summed E-state index contributed by atoms with van der Waals surface area (Å²) in [5.41, 5.74) is 2.48. The third-order valence-electron chi connectivity index (χ3n) is 2.91. The summed E-state index contributed by atoms with van der Waals surface area (Å²) < 4.78 is 40.1. The minimum Gasteiger partial charge on any atom is -0.406 e. The number of ether oxygens (including phenoxy) is 1. The van der Waals surface area contributed by atoms with Crippen molar-refractivity contribution in [1.82, 2.24) is 4.98 Å². The van der Waals surface area contributed by atoms with Crippen molar-refractivity contribution in [3.63, 3.8) is 0 Å². The van der Waals surface area contributed by atoms with E-state index in [2.05, 4.69) is 15.0 Å². The maximum atomic E-state index is 12.1. The van der Waals surface area contributed by atoms with Crippen LogP contribution in [0.1, 0.15) is 0 Å². The molecule has 7 heteroatoms. The fraction of sp³-hybridized carbons (Fsp3) is 0.0625. The first kappa shape index (κ1) is 15.4. The van der Waals surface area contributed by atoms with Crippen LogP contribution in [0.2, 0.25) is 0 Å². The van der Waals surface area contributed by atoms with Gasteiger partial charge in [0.2, 0.25) is 0 Å². The lowest BCUT2D eigenvalue weighted by Crippen LogP contribution is -2.16. The molecule has 0 saturated heterocycles. The van der Waals surface area contributed by atoms with Crippen LogP contribution in [0, 0.1) is 0 Å². The molecule has 3 aromatic rings. The lowest BCUT2D eigenvalue weighted by atomic mass is 10.2. The predicted octanol–water partition coefficient (Wildman–Crippen LogP) is 5.45. The zero-order valence-electron chi connectivity index (χ0n) is 11.7. The van der Waals surface area contributed by atoms with E-state index >= 15 is 0 Å². The van der Waals surface area contributed by atoms with Crippen LogP contribution in [0.25, 0.3) is 11.3 Å². The van der Waals surface area contributed by atoms with Crippen LogP contribution < -0.4 is 10.1 Å². The normalized spacial score (nSPS) is 11.3. The van der Waals surface area contributed by atoms with E-state index in [9.17, 15) is 13.2 Å². The molecule has 1 heterocycles. The quantitative estimate of drug-likeness (QED) is 0.688. The fourth-order valence-corrected chi connectivity index (χ4v) is 2.68. The van der Waals surface area contributed by atoms with E-state index < -0.39 is 6.36 Å². The number of thiazole rings is 1. The van der Waals surface area contributed by atoms with Gasteiger partial charge in [0, 0.05) is 16.6 Å². The molecule has 23 heavy (non-hydrogen) atoms. The summed E-state index contributed by atoms with van der Waals surface area (Å²) in [7, 11) is 0. The Morgan fingerprint density at radius 3 is 2.30 bits per heavy atom. The van der Waals surface area contributed by atoms with Gasteiger partial charge in [-0.25, -0.2) is 4.98 Å². The molecule has 0 saturated carbocycles. The Balaban J connectivity index is 1.69.